The highest BCUT2D eigenvalue weighted by atomic mass is 32.1. The van der Waals surface area contributed by atoms with E-state index in [0.717, 1.165) is 46.6 Å². The Morgan fingerprint density at radius 3 is 2.48 bits per heavy atom. The summed E-state index contributed by atoms with van der Waals surface area (Å²) in [4.78, 5) is 3.22. The Hall–Kier alpha value is -2.43. The lowest BCUT2D eigenvalue weighted by Gasteiger charge is -2.31. The Kier molecular flexibility index (Phi) is 5.37. The van der Waals surface area contributed by atoms with Crippen molar-refractivity contribution in [3.8, 4) is 5.75 Å². The van der Waals surface area contributed by atoms with Gasteiger partial charge in [-0.25, -0.2) is 0 Å². The van der Waals surface area contributed by atoms with Crippen molar-refractivity contribution in [3.05, 3.63) is 77.4 Å². The number of nitrogens with zero attached hydrogens (tertiary/aromatic N) is 1. The summed E-state index contributed by atoms with van der Waals surface area (Å²) in [6, 6.07) is 21.1. The van der Waals surface area contributed by atoms with Crippen LogP contribution in [0.2, 0.25) is 0 Å². The van der Waals surface area contributed by atoms with Gasteiger partial charge in [-0.2, -0.15) is 0 Å². The zero-order valence-corrected chi connectivity index (χ0v) is 16.3. The van der Waals surface area contributed by atoms with Crippen molar-refractivity contribution in [2.75, 3.05) is 26.9 Å². The standard InChI is InChI=1S/C23H23NO2S/c1-25-14-15-26-22-11-10-21(19-8-4-5-9-20(19)22)23(27)24-13-12-17-6-2-3-7-18(17)16-24/h2-11H,12-16H2,1H3. The van der Waals surface area contributed by atoms with Crippen molar-refractivity contribution in [1.82, 2.24) is 4.90 Å². The van der Waals surface area contributed by atoms with Gasteiger partial charge >= 0.3 is 0 Å². The molecule has 4 rings (SSSR count). The largest absolute Gasteiger partial charge is 0.491 e. The Labute approximate surface area is 165 Å². The van der Waals surface area contributed by atoms with Gasteiger partial charge in [0.05, 0.1) is 6.61 Å². The molecule has 4 heteroatoms. The highest BCUT2D eigenvalue weighted by Gasteiger charge is 2.20. The first-order valence-corrected chi connectivity index (χ1v) is 9.68. The summed E-state index contributed by atoms with van der Waals surface area (Å²) in [7, 11) is 1.68. The minimum atomic E-state index is 0.535. The van der Waals surface area contributed by atoms with E-state index in [1.807, 2.05) is 12.1 Å². The van der Waals surface area contributed by atoms with Gasteiger partial charge in [0.2, 0.25) is 0 Å². The molecule has 3 aromatic rings. The number of hydrogen-bond acceptors (Lipinski definition) is 3. The van der Waals surface area contributed by atoms with E-state index in [9.17, 15) is 0 Å². The van der Waals surface area contributed by atoms with Crippen LogP contribution in [0.4, 0.5) is 0 Å². The van der Waals surface area contributed by atoms with Crippen LogP contribution in [0.25, 0.3) is 10.8 Å². The number of rotatable bonds is 5. The Morgan fingerprint density at radius 2 is 1.67 bits per heavy atom. The third-order valence-corrected chi connectivity index (χ3v) is 5.56. The van der Waals surface area contributed by atoms with Crippen molar-refractivity contribution in [1.29, 1.82) is 0 Å². The lowest BCUT2D eigenvalue weighted by atomic mass is 9.98. The maximum Gasteiger partial charge on any atom is 0.127 e. The van der Waals surface area contributed by atoms with Crippen LogP contribution in [0.15, 0.2) is 60.7 Å². The lowest BCUT2D eigenvalue weighted by molar-refractivity contribution is 0.147. The summed E-state index contributed by atoms with van der Waals surface area (Å²) in [5, 5.41) is 2.22. The molecule has 0 aliphatic carbocycles. The molecule has 1 heterocycles. The van der Waals surface area contributed by atoms with Crippen LogP contribution in [0.3, 0.4) is 0 Å². The van der Waals surface area contributed by atoms with E-state index in [2.05, 4.69) is 53.4 Å². The van der Waals surface area contributed by atoms with Crippen molar-refractivity contribution in [3.63, 3.8) is 0 Å². The van der Waals surface area contributed by atoms with Crippen molar-refractivity contribution >= 4 is 28.0 Å². The van der Waals surface area contributed by atoms with Crippen LogP contribution >= 0.6 is 12.2 Å². The molecule has 0 bridgehead atoms. The zero-order chi connectivity index (χ0) is 18.6. The first kappa shape index (κ1) is 18.0. The summed E-state index contributed by atoms with van der Waals surface area (Å²) in [6.45, 7) is 2.93. The average molecular weight is 378 g/mol. The zero-order valence-electron chi connectivity index (χ0n) is 15.5. The highest BCUT2D eigenvalue weighted by molar-refractivity contribution is 7.80. The molecule has 0 unspecified atom stereocenters. The molecule has 0 fully saturated rings. The second kappa shape index (κ2) is 8.07. The number of hydrogen-bond donors (Lipinski definition) is 0. The number of methoxy groups -OCH3 is 1. The fraction of sp³-hybridized carbons (Fsp3) is 0.261. The van der Waals surface area contributed by atoms with E-state index in [1.54, 1.807) is 7.11 Å². The third kappa shape index (κ3) is 3.68. The Bertz CT molecular complexity index is 970. The predicted octanol–water partition coefficient (Wildman–Crippen LogP) is 4.60. The van der Waals surface area contributed by atoms with E-state index < -0.39 is 0 Å². The molecule has 0 saturated heterocycles. The number of thiocarbonyl (C=S) groups is 1. The van der Waals surface area contributed by atoms with Gasteiger partial charge < -0.3 is 14.4 Å². The fourth-order valence-corrected chi connectivity index (χ4v) is 3.99. The summed E-state index contributed by atoms with van der Waals surface area (Å²) < 4.78 is 11.0. The van der Waals surface area contributed by atoms with Crippen molar-refractivity contribution in [2.24, 2.45) is 0 Å². The Morgan fingerprint density at radius 1 is 0.926 bits per heavy atom. The molecule has 138 valence electrons. The van der Waals surface area contributed by atoms with Crippen LogP contribution in [0.1, 0.15) is 16.7 Å². The normalized spacial score (nSPS) is 13.4. The van der Waals surface area contributed by atoms with E-state index in [-0.39, 0.29) is 0 Å². The van der Waals surface area contributed by atoms with Crippen LogP contribution in [-0.2, 0) is 17.7 Å². The molecule has 0 aromatic heterocycles. The fourth-order valence-electron chi connectivity index (χ4n) is 3.66. The van der Waals surface area contributed by atoms with E-state index in [1.165, 1.54) is 11.1 Å². The van der Waals surface area contributed by atoms with Crippen LogP contribution < -0.4 is 4.74 Å². The van der Waals surface area contributed by atoms with Gasteiger partial charge in [0.15, 0.2) is 0 Å². The third-order valence-electron chi connectivity index (χ3n) is 5.08. The SMILES string of the molecule is COCCOc1ccc(C(=S)N2CCc3ccccc3C2)c2ccccc12. The lowest BCUT2D eigenvalue weighted by Crippen LogP contribution is -2.35. The predicted molar refractivity (Wildman–Crippen MR) is 114 cm³/mol. The Balaban J connectivity index is 1.64. The highest BCUT2D eigenvalue weighted by Crippen LogP contribution is 2.31. The van der Waals surface area contributed by atoms with Gasteiger partial charge in [-0.15, -0.1) is 0 Å². The molecule has 3 aromatic carbocycles. The number of fused-ring (bicyclic) bond motifs is 2. The topological polar surface area (TPSA) is 21.7 Å². The first-order valence-electron chi connectivity index (χ1n) is 9.27. The van der Waals surface area contributed by atoms with Gasteiger partial charge in [-0.05, 0) is 35.1 Å². The molecule has 0 N–H and O–H groups in total. The quantitative estimate of drug-likeness (QED) is 0.478. The van der Waals surface area contributed by atoms with E-state index in [0.29, 0.717) is 13.2 Å². The molecule has 27 heavy (non-hydrogen) atoms. The van der Waals surface area contributed by atoms with Crippen LogP contribution in [-0.4, -0.2) is 36.8 Å². The molecule has 1 aliphatic heterocycles. The van der Waals surface area contributed by atoms with Gasteiger partial charge in [0, 0.05) is 31.1 Å². The molecular formula is C23H23NO2S. The molecule has 0 saturated carbocycles. The smallest absolute Gasteiger partial charge is 0.127 e. The molecule has 0 spiro atoms. The summed E-state index contributed by atoms with van der Waals surface area (Å²) in [5.41, 5.74) is 3.90. The summed E-state index contributed by atoms with van der Waals surface area (Å²) >= 11 is 5.91. The van der Waals surface area contributed by atoms with Gasteiger partial charge in [0.1, 0.15) is 17.3 Å². The second-order valence-corrected chi connectivity index (χ2v) is 7.13. The van der Waals surface area contributed by atoms with Crippen molar-refractivity contribution in [2.45, 2.75) is 13.0 Å². The molecule has 0 radical (unpaired) electrons. The molecule has 0 atom stereocenters. The van der Waals surface area contributed by atoms with E-state index >= 15 is 0 Å². The molecule has 3 nitrogen and oxygen atoms in total. The average Bonchev–Trinajstić information content (AvgIpc) is 2.73. The maximum atomic E-state index is 5.91. The molecular weight excluding hydrogens is 354 g/mol. The molecule has 0 amide bonds. The first-order chi connectivity index (χ1) is 13.3. The summed E-state index contributed by atoms with van der Waals surface area (Å²) in [6.07, 6.45) is 1.03. The van der Waals surface area contributed by atoms with Crippen molar-refractivity contribution < 1.29 is 9.47 Å². The maximum absolute atomic E-state index is 5.91. The minimum Gasteiger partial charge on any atom is -0.491 e. The minimum absolute atomic E-state index is 0.535. The summed E-state index contributed by atoms with van der Waals surface area (Å²) in [5.74, 6) is 0.873. The second-order valence-electron chi connectivity index (χ2n) is 6.74. The van der Waals surface area contributed by atoms with Crippen LogP contribution in [0, 0.1) is 0 Å². The number of benzene rings is 3. The monoisotopic (exact) mass is 377 g/mol. The number of ether oxygens (including phenoxy) is 2. The van der Waals surface area contributed by atoms with Gasteiger partial charge in [-0.3, -0.25) is 0 Å². The van der Waals surface area contributed by atoms with Gasteiger partial charge in [0.25, 0.3) is 0 Å². The van der Waals surface area contributed by atoms with Gasteiger partial charge in [-0.1, -0.05) is 60.7 Å². The van der Waals surface area contributed by atoms with Crippen LogP contribution in [0.5, 0.6) is 5.75 Å². The molecule has 1 aliphatic rings. The van der Waals surface area contributed by atoms with E-state index in [4.69, 9.17) is 21.7 Å².